The van der Waals surface area contributed by atoms with Crippen molar-refractivity contribution in [1.82, 2.24) is 4.72 Å². The van der Waals surface area contributed by atoms with Crippen LogP contribution in [0.1, 0.15) is 12.5 Å². The molecule has 0 heterocycles. The van der Waals surface area contributed by atoms with Gasteiger partial charge in [0.05, 0.1) is 5.75 Å². The number of benzene rings is 1. The lowest BCUT2D eigenvalue weighted by molar-refractivity contribution is 0.561. The highest BCUT2D eigenvalue weighted by Crippen LogP contribution is 2.16. The predicted octanol–water partition coefficient (Wildman–Crippen LogP) is 2.43. The number of hydrogen-bond donors (Lipinski definition) is 1. The molecule has 1 atom stereocenters. The van der Waals surface area contributed by atoms with Crippen molar-refractivity contribution >= 4 is 33.2 Å². The van der Waals surface area contributed by atoms with Crippen molar-refractivity contribution in [3.63, 3.8) is 0 Å². The number of alkyl halides is 1. The van der Waals surface area contributed by atoms with E-state index in [-0.39, 0.29) is 17.7 Å². The molecular weight excluding hydrogens is 281 g/mol. The van der Waals surface area contributed by atoms with Gasteiger partial charge in [0.2, 0.25) is 10.0 Å². The first-order valence-corrected chi connectivity index (χ1v) is 7.80. The third-order valence-electron chi connectivity index (χ3n) is 2.21. The monoisotopic (exact) mass is 295 g/mol. The fraction of sp³-hybridized carbons (Fsp3) is 0.455. The topological polar surface area (TPSA) is 46.2 Å². The summed E-state index contributed by atoms with van der Waals surface area (Å²) in [6, 6.07) is 7.18. The molecule has 0 spiro atoms. The SMILES string of the molecule is CC(Cc1ccccc1Cl)NS(=O)(=O)CCCl. The van der Waals surface area contributed by atoms with Crippen molar-refractivity contribution in [2.45, 2.75) is 19.4 Å². The smallest absolute Gasteiger partial charge is 0.212 e. The molecule has 0 aliphatic carbocycles. The molecule has 1 unspecified atom stereocenters. The van der Waals surface area contributed by atoms with Gasteiger partial charge in [-0.2, -0.15) is 0 Å². The van der Waals surface area contributed by atoms with E-state index in [0.29, 0.717) is 11.4 Å². The Bertz CT molecular complexity index is 462. The summed E-state index contributed by atoms with van der Waals surface area (Å²) in [5.74, 6) is 0.0234. The molecule has 1 rings (SSSR count). The lowest BCUT2D eigenvalue weighted by Crippen LogP contribution is -2.36. The molecule has 0 radical (unpaired) electrons. The zero-order valence-corrected chi connectivity index (χ0v) is 11.8. The third kappa shape index (κ3) is 5.25. The molecule has 0 saturated heterocycles. The standard InChI is InChI=1S/C11H15Cl2NO2S/c1-9(14-17(15,16)7-6-12)8-10-4-2-3-5-11(10)13/h2-5,9,14H,6-8H2,1H3. The van der Waals surface area contributed by atoms with Crippen molar-refractivity contribution in [2.75, 3.05) is 11.6 Å². The van der Waals surface area contributed by atoms with E-state index in [0.717, 1.165) is 5.56 Å². The van der Waals surface area contributed by atoms with Gasteiger partial charge < -0.3 is 0 Å². The molecule has 0 fully saturated rings. The van der Waals surface area contributed by atoms with Crippen LogP contribution in [0.25, 0.3) is 0 Å². The molecular formula is C11H15Cl2NO2S. The highest BCUT2D eigenvalue weighted by atomic mass is 35.5. The van der Waals surface area contributed by atoms with E-state index in [1.807, 2.05) is 18.2 Å². The number of hydrogen-bond acceptors (Lipinski definition) is 2. The Morgan fingerprint density at radius 2 is 2.00 bits per heavy atom. The summed E-state index contributed by atoms with van der Waals surface area (Å²) in [5, 5.41) is 0.649. The van der Waals surface area contributed by atoms with Crippen LogP contribution in [0.3, 0.4) is 0 Å². The van der Waals surface area contributed by atoms with E-state index in [9.17, 15) is 8.42 Å². The van der Waals surface area contributed by atoms with E-state index in [2.05, 4.69) is 4.72 Å². The highest BCUT2D eigenvalue weighted by Gasteiger charge is 2.14. The van der Waals surface area contributed by atoms with Gasteiger partial charge in [-0.3, -0.25) is 0 Å². The minimum Gasteiger partial charge on any atom is -0.212 e. The van der Waals surface area contributed by atoms with Gasteiger partial charge in [0.15, 0.2) is 0 Å². The van der Waals surface area contributed by atoms with E-state index < -0.39 is 10.0 Å². The second-order valence-corrected chi connectivity index (χ2v) is 6.48. The summed E-state index contributed by atoms with van der Waals surface area (Å²) in [6.45, 7) is 1.80. The summed E-state index contributed by atoms with van der Waals surface area (Å²) in [7, 11) is -3.29. The molecule has 1 aromatic carbocycles. The van der Waals surface area contributed by atoms with E-state index in [1.165, 1.54) is 0 Å². The van der Waals surface area contributed by atoms with Gasteiger partial charge in [0.1, 0.15) is 0 Å². The maximum absolute atomic E-state index is 11.5. The van der Waals surface area contributed by atoms with Crippen molar-refractivity contribution in [2.24, 2.45) is 0 Å². The Morgan fingerprint density at radius 1 is 1.35 bits per heavy atom. The number of sulfonamides is 1. The second-order valence-electron chi connectivity index (χ2n) is 3.82. The van der Waals surface area contributed by atoms with Gasteiger partial charge in [-0.05, 0) is 25.0 Å². The van der Waals surface area contributed by atoms with Gasteiger partial charge in [-0.15, -0.1) is 11.6 Å². The molecule has 17 heavy (non-hydrogen) atoms. The largest absolute Gasteiger partial charge is 0.213 e. The van der Waals surface area contributed by atoms with Crippen molar-refractivity contribution < 1.29 is 8.42 Å². The van der Waals surface area contributed by atoms with Crippen molar-refractivity contribution in [3.05, 3.63) is 34.9 Å². The first kappa shape index (κ1) is 14.8. The van der Waals surface area contributed by atoms with Crippen molar-refractivity contribution in [3.8, 4) is 0 Å². The average molecular weight is 296 g/mol. The van der Waals surface area contributed by atoms with Crippen LogP contribution in [0.5, 0.6) is 0 Å². The molecule has 1 N–H and O–H groups in total. The Labute approximate surface area is 112 Å². The minimum absolute atomic E-state index is 0.0680. The van der Waals surface area contributed by atoms with E-state index in [4.69, 9.17) is 23.2 Å². The minimum atomic E-state index is -3.29. The van der Waals surface area contributed by atoms with E-state index >= 15 is 0 Å². The van der Waals surface area contributed by atoms with Crippen LogP contribution < -0.4 is 4.72 Å². The zero-order chi connectivity index (χ0) is 12.9. The average Bonchev–Trinajstić information content (AvgIpc) is 2.20. The Hall–Kier alpha value is -0.290. The van der Waals surface area contributed by atoms with Gasteiger partial charge in [0.25, 0.3) is 0 Å². The van der Waals surface area contributed by atoms with Crippen LogP contribution in [-0.2, 0) is 16.4 Å². The van der Waals surface area contributed by atoms with Gasteiger partial charge >= 0.3 is 0 Å². The first-order chi connectivity index (χ1) is 7.94. The van der Waals surface area contributed by atoms with Gasteiger partial charge in [0, 0.05) is 16.9 Å². The van der Waals surface area contributed by atoms with Crippen LogP contribution in [0.15, 0.2) is 24.3 Å². The van der Waals surface area contributed by atoms with E-state index in [1.54, 1.807) is 13.0 Å². The summed E-state index contributed by atoms with van der Waals surface area (Å²) < 4.78 is 25.5. The van der Waals surface area contributed by atoms with Crippen LogP contribution in [0, 0.1) is 0 Å². The maximum Gasteiger partial charge on any atom is 0.213 e. The summed E-state index contributed by atoms with van der Waals surface area (Å²) in [5.41, 5.74) is 0.926. The van der Waals surface area contributed by atoms with Crippen LogP contribution in [-0.4, -0.2) is 26.1 Å². The Morgan fingerprint density at radius 3 is 2.59 bits per heavy atom. The van der Waals surface area contributed by atoms with Crippen LogP contribution in [0.2, 0.25) is 5.02 Å². The quantitative estimate of drug-likeness (QED) is 0.820. The normalized spacial score (nSPS) is 13.6. The molecule has 0 aliphatic rings. The zero-order valence-electron chi connectivity index (χ0n) is 9.49. The van der Waals surface area contributed by atoms with Crippen molar-refractivity contribution in [1.29, 1.82) is 0 Å². The summed E-state index contributed by atoms with van der Waals surface area (Å²) in [4.78, 5) is 0. The molecule has 0 amide bonds. The third-order valence-corrected chi connectivity index (χ3v) is 4.50. The lowest BCUT2D eigenvalue weighted by Gasteiger charge is -2.14. The van der Waals surface area contributed by atoms with Crippen LogP contribution >= 0.6 is 23.2 Å². The first-order valence-electron chi connectivity index (χ1n) is 5.24. The molecule has 3 nitrogen and oxygen atoms in total. The van der Waals surface area contributed by atoms with Gasteiger partial charge in [-0.1, -0.05) is 29.8 Å². The summed E-state index contributed by atoms with van der Waals surface area (Å²) >= 11 is 11.4. The number of nitrogens with one attached hydrogen (secondary N) is 1. The molecule has 0 aliphatic heterocycles. The highest BCUT2D eigenvalue weighted by molar-refractivity contribution is 7.89. The fourth-order valence-electron chi connectivity index (χ4n) is 1.50. The second kappa shape index (κ2) is 6.59. The molecule has 6 heteroatoms. The molecule has 0 aromatic heterocycles. The molecule has 1 aromatic rings. The lowest BCUT2D eigenvalue weighted by atomic mass is 10.1. The molecule has 0 saturated carbocycles. The predicted molar refractivity (Wildman–Crippen MR) is 72.3 cm³/mol. The number of halogens is 2. The summed E-state index contributed by atoms with van der Waals surface area (Å²) in [6.07, 6.45) is 0.557. The Balaban J connectivity index is 2.62. The maximum atomic E-state index is 11.5. The number of rotatable bonds is 6. The molecule has 96 valence electrons. The Kier molecular flexibility index (Phi) is 5.73. The fourth-order valence-corrected chi connectivity index (χ4v) is 3.34. The van der Waals surface area contributed by atoms with Crippen LogP contribution in [0.4, 0.5) is 0 Å². The molecule has 0 bridgehead atoms. The van der Waals surface area contributed by atoms with Gasteiger partial charge in [-0.25, -0.2) is 13.1 Å².